The molecule has 0 spiro atoms. The van der Waals surface area contributed by atoms with Gasteiger partial charge in [-0.15, -0.1) is 6.58 Å². The van der Waals surface area contributed by atoms with E-state index in [2.05, 4.69) is 17.6 Å². The minimum atomic E-state index is -0.0890. The molecule has 4 heteroatoms. The zero-order valence-electron chi connectivity index (χ0n) is 11.1. The second kappa shape index (κ2) is 4.39. The van der Waals surface area contributed by atoms with Gasteiger partial charge in [0.05, 0.1) is 16.6 Å². The highest BCUT2D eigenvalue weighted by atomic mass is 16.1. The maximum Gasteiger partial charge on any atom is 0.260 e. The van der Waals surface area contributed by atoms with E-state index in [-0.39, 0.29) is 5.56 Å². The Morgan fingerprint density at radius 3 is 2.90 bits per heavy atom. The summed E-state index contributed by atoms with van der Waals surface area (Å²) in [6.45, 7) is 5.49. The van der Waals surface area contributed by atoms with Crippen molar-refractivity contribution < 1.29 is 0 Å². The molecular formula is C16H13N3O. The normalized spacial score (nSPS) is 10.8. The van der Waals surface area contributed by atoms with Crippen molar-refractivity contribution in [3.63, 3.8) is 0 Å². The van der Waals surface area contributed by atoms with E-state index in [0.29, 0.717) is 23.2 Å². The highest BCUT2D eigenvalue weighted by Crippen LogP contribution is 2.21. The maximum atomic E-state index is 12.7. The van der Waals surface area contributed by atoms with E-state index >= 15 is 0 Å². The van der Waals surface area contributed by atoms with Crippen molar-refractivity contribution >= 4 is 16.7 Å². The quantitative estimate of drug-likeness (QED) is 0.722. The molecule has 4 nitrogen and oxygen atoms in total. The lowest BCUT2D eigenvalue weighted by atomic mass is 10.0. The molecule has 0 aliphatic carbocycles. The van der Waals surface area contributed by atoms with E-state index in [4.69, 9.17) is 0 Å². The number of hydrogen-bond acceptors (Lipinski definition) is 2. The average Bonchev–Trinajstić information content (AvgIpc) is 2.83. The van der Waals surface area contributed by atoms with Crippen molar-refractivity contribution in [2.45, 2.75) is 13.3 Å². The molecule has 0 saturated heterocycles. The summed E-state index contributed by atoms with van der Waals surface area (Å²) in [6, 6.07) is 9.73. The first-order valence-electron chi connectivity index (χ1n) is 6.35. The van der Waals surface area contributed by atoms with Gasteiger partial charge < -0.3 is 4.98 Å². The molecule has 0 aliphatic rings. The van der Waals surface area contributed by atoms with Gasteiger partial charge in [-0.25, -0.2) is 0 Å². The Hall–Kier alpha value is -2.80. The van der Waals surface area contributed by atoms with Gasteiger partial charge in [-0.2, -0.15) is 5.26 Å². The minimum Gasteiger partial charge on any atom is -0.338 e. The molecule has 0 atom stereocenters. The van der Waals surface area contributed by atoms with Crippen LogP contribution in [0.4, 0.5) is 0 Å². The Morgan fingerprint density at radius 1 is 1.45 bits per heavy atom. The molecule has 0 unspecified atom stereocenters. The summed E-state index contributed by atoms with van der Waals surface area (Å²) in [5.41, 5.74) is 3.96. The molecule has 0 bridgehead atoms. The number of nitrogens with one attached hydrogen (secondary N) is 1. The van der Waals surface area contributed by atoms with Gasteiger partial charge in [0.15, 0.2) is 0 Å². The van der Waals surface area contributed by atoms with Gasteiger partial charge in [0.25, 0.3) is 5.56 Å². The van der Waals surface area contributed by atoms with Crippen molar-refractivity contribution in [1.82, 2.24) is 9.38 Å². The Morgan fingerprint density at radius 2 is 2.20 bits per heavy atom. The van der Waals surface area contributed by atoms with Gasteiger partial charge >= 0.3 is 0 Å². The number of imidazole rings is 1. The minimum absolute atomic E-state index is 0.0890. The van der Waals surface area contributed by atoms with E-state index in [1.807, 2.05) is 31.2 Å². The first-order chi connectivity index (χ1) is 9.69. The van der Waals surface area contributed by atoms with Crippen LogP contribution in [0.5, 0.6) is 0 Å². The third-order valence-corrected chi connectivity index (χ3v) is 3.61. The Balaban J connectivity index is 2.63. The number of fused-ring (bicyclic) bond motifs is 3. The SMILES string of the molecule is C=CCc1c(C)c(C#N)c2[nH]c3ccccc3n2c1=O. The lowest BCUT2D eigenvalue weighted by molar-refractivity contribution is 1.04. The van der Waals surface area contributed by atoms with Crippen LogP contribution in [0.25, 0.3) is 16.7 Å². The summed E-state index contributed by atoms with van der Waals surface area (Å²) >= 11 is 0. The Bertz CT molecular complexity index is 938. The number of nitriles is 1. The fraction of sp³-hybridized carbons (Fsp3) is 0.125. The van der Waals surface area contributed by atoms with Crippen molar-refractivity contribution in [2.75, 3.05) is 0 Å². The fourth-order valence-corrected chi connectivity index (χ4v) is 2.61. The predicted molar refractivity (Wildman–Crippen MR) is 78.9 cm³/mol. The number of aromatic amines is 1. The Labute approximate surface area is 115 Å². The molecule has 1 aromatic carbocycles. The molecule has 0 radical (unpaired) electrons. The molecule has 2 heterocycles. The zero-order chi connectivity index (χ0) is 14.3. The third-order valence-electron chi connectivity index (χ3n) is 3.61. The largest absolute Gasteiger partial charge is 0.338 e. The van der Waals surface area contributed by atoms with Crippen LogP contribution < -0.4 is 5.56 Å². The van der Waals surface area contributed by atoms with Gasteiger partial charge in [0.1, 0.15) is 11.7 Å². The van der Waals surface area contributed by atoms with Crippen LogP contribution in [-0.4, -0.2) is 9.38 Å². The van der Waals surface area contributed by atoms with Crippen LogP contribution in [0.3, 0.4) is 0 Å². The van der Waals surface area contributed by atoms with E-state index in [9.17, 15) is 10.1 Å². The number of H-pyrrole nitrogens is 1. The number of pyridine rings is 1. The maximum absolute atomic E-state index is 12.7. The number of rotatable bonds is 2. The summed E-state index contributed by atoms with van der Waals surface area (Å²) in [7, 11) is 0. The molecule has 20 heavy (non-hydrogen) atoms. The van der Waals surface area contributed by atoms with Crippen LogP contribution in [0.15, 0.2) is 41.7 Å². The lowest BCUT2D eigenvalue weighted by Gasteiger charge is -2.07. The number of para-hydroxylation sites is 2. The highest BCUT2D eigenvalue weighted by molar-refractivity contribution is 5.82. The van der Waals surface area contributed by atoms with Crippen molar-refractivity contribution in [3.05, 3.63) is 64.0 Å². The number of hydrogen-bond donors (Lipinski definition) is 1. The zero-order valence-corrected chi connectivity index (χ0v) is 11.1. The molecule has 3 rings (SSSR count). The molecule has 0 aliphatic heterocycles. The summed E-state index contributed by atoms with van der Waals surface area (Å²) < 4.78 is 1.58. The monoisotopic (exact) mass is 263 g/mol. The van der Waals surface area contributed by atoms with E-state index < -0.39 is 0 Å². The summed E-state index contributed by atoms with van der Waals surface area (Å²) in [4.78, 5) is 15.8. The van der Waals surface area contributed by atoms with Crippen molar-refractivity contribution in [3.8, 4) is 6.07 Å². The fourth-order valence-electron chi connectivity index (χ4n) is 2.61. The molecule has 0 saturated carbocycles. The molecule has 3 aromatic rings. The van der Waals surface area contributed by atoms with Gasteiger partial charge in [-0.3, -0.25) is 9.20 Å². The van der Waals surface area contributed by atoms with Gasteiger partial charge in [0.2, 0.25) is 0 Å². The Kier molecular flexibility index (Phi) is 2.69. The topological polar surface area (TPSA) is 61.1 Å². The number of allylic oxidation sites excluding steroid dienone is 1. The van der Waals surface area contributed by atoms with Crippen LogP contribution in [0.2, 0.25) is 0 Å². The molecule has 98 valence electrons. The van der Waals surface area contributed by atoms with E-state index in [0.717, 1.165) is 16.6 Å². The van der Waals surface area contributed by atoms with Crippen LogP contribution in [-0.2, 0) is 6.42 Å². The summed E-state index contributed by atoms with van der Waals surface area (Å²) in [5, 5.41) is 9.41. The van der Waals surface area contributed by atoms with Crippen molar-refractivity contribution in [2.24, 2.45) is 0 Å². The number of nitrogens with zero attached hydrogens (tertiary/aromatic N) is 2. The molecule has 0 fully saturated rings. The number of aromatic nitrogens is 2. The summed E-state index contributed by atoms with van der Waals surface area (Å²) in [5.74, 6) is 0. The van der Waals surface area contributed by atoms with Gasteiger partial charge in [-0.1, -0.05) is 18.2 Å². The molecular weight excluding hydrogens is 250 g/mol. The predicted octanol–water partition coefficient (Wildman–Crippen LogP) is 2.69. The highest BCUT2D eigenvalue weighted by Gasteiger charge is 2.17. The molecule has 2 aromatic heterocycles. The van der Waals surface area contributed by atoms with Crippen LogP contribution >= 0.6 is 0 Å². The standard InChI is InChI=1S/C16H13N3O/c1-3-6-11-10(2)12(9-17)15-18-13-7-4-5-8-14(13)19(15)16(11)20/h3-5,7-8,18H,1,6H2,2H3. The van der Waals surface area contributed by atoms with E-state index in [1.54, 1.807) is 10.5 Å². The van der Waals surface area contributed by atoms with Crippen LogP contribution in [0, 0.1) is 18.3 Å². The van der Waals surface area contributed by atoms with Gasteiger partial charge in [0, 0.05) is 5.56 Å². The van der Waals surface area contributed by atoms with Crippen molar-refractivity contribution in [1.29, 1.82) is 5.26 Å². The molecule has 0 amide bonds. The second-order valence-corrected chi connectivity index (χ2v) is 4.71. The smallest absolute Gasteiger partial charge is 0.260 e. The van der Waals surface area contributed by atoms with E-state index in [1.165, 1.54) is 0 Å². The lowest BCUT2D eigenvalue weighted by Crippen LogP contribution is -2.20. The first kappa shape index (κ1) is 12.2. The molecule has 1 N–H and O–H groups in total. The summed E-state index contributed by atoms with van der Waals surface area (Å²) in [6.07, 6.45) is 2.15. The average molecular weight is 263 g/mol. The number of benzene rings is 1. The van der Waals surface area contributed by atoms with Crippen LogP contribution in [0.1, 0.15) is 16.7 Å². The second-order valence-electron chi connectivity index (χ2n) is 4.71. The first-order valence-corrected chi connectivity index (χ1v) is 6.35. The van der Waals surface area contributed by atoms with Gasteiger partial charge in [-0.05, 0) is 31.0 Å². The third kappa shape index (κ3) is 1.50.